The third-order valence-corrected chi connectivity index (χ3v) is 8.24. The maximum Gasteiger partial charge on any atom is 0.283 e. The molecule has 186 valence electrons. The minimum Gasteiger partial charge on any atom is -0.337 e. The lowest BCUT2D eigenvalue weighted by Crippen LogP contribution is -2.22. The summed E-state index contributed by atoms with van der Waals surface area (Å²) in [6, 6.07) is 32.2. The van der Waals surface area contributed by atoms with Crippen molar-refractivity contribution in [2.45, 2.75) is 30.3 Å². The van der Waals surface area contributed by atoms with E-state index in [0.717, 1.165) is 21.2 Å². The molecule has 0 aliphatic carbocycles. The van der Waals surface area contributed by atoms with Crippen molar-refractivity contribution in [3.05, 3.63) is 136 Å². The molecule has 4 aromatic rings. The van der Waals surface area contributed by atoms with Gasteiger partial charge in [-0.05, 0) is 42.3 Å². The predicted molar refractivity (Wildman–Crippen MR) is 149 cm³/mol. The molecule has 1 saturated heterocycles. The molecule has 0 aromatic heterocycles. The Kier molecular flexibility index (Phi) is 7.09. The topological polar surface area (TPSA) is 66.6 Å². The van der Waals surface area contributed by atoms with Crippen molar-refractivity contribution in [2.75, 3.05) is 0 Å². The van der Waals surface area contributed by atoms with E-state index in [-0.39, 0.29) is 23.1 Å². The number of amidine groups is 1. The van der Waals surface area contributed by atoms with Crippen LogP contribution in [0.4, 0.5) is 0 Å². The third kappa shape index (κ3) is 5.58. The number of halogens is 1. The Balaban J connectivity index is 1.60. The highest BCUT2D eigenvalue weighted by Crippen LogP contribution is 2.46. The number of carbonyl (C=O) groups excluding carboxylic acids is 1. The highest BCUT2D eigenvalue weighted by atomic mass is 79.9. The van der Waals surface area contributed by atoms with Crippen LogP contribution in [0.3, 0.4) is 0 Å². The van der Waals surface area contributed by atoms with E-state index in [0.29, 0.717) is 11.4 Å². The van der Waals surface area contributed by atoms with Gasteiger partial charge in [-0.1, -0.05) is 106 Å². The monoisotopic (exact) mass is 572 g/mol. The Labute approximate surface area is 225 Å². The van der Waals surface area contributed by atoms with Crippen LogP contribution >= 0.6 is 15.9 Å². The van der Waals surface area contributed by atoms with Crippen LogP contribution in [0.5, 0.6) is 0 Å². The van der Waals surface area contributed by atoms with Gasteiger partial charge in [-0.15, -0.1) is 4.40 Å². The first-order valence-electron chi connectivity index (χ1n) is 11.9. The number of rotatable bonds is 7. The van der Waals surface area contributed by atoms with E-state index in [1.807, 2.05) is 84.6 Å². The molecule has 37 heavy (non-hydrogen) atoms. The lowest BCUT2D eigenvalue weighted by Gasteiger charge is -2.12. The van der Waals surface area contributed by atoms with Gasteiger partial charge in [-0.2, -0.15) is 8.42 Å². The van der Waals surface area contributed by atoms with Gasteiger partial charge < -0.3 is 4.90 Å². The van der Waals surface area contributed by atoms with E-state index in [9.17, 15) is 13.2 Å². The molecule has 1 aliphatic heterocycles. The maximum absolute atomic E-state index is 13.6. The Hall–Kier alpha value is -3.55. The molecule has 0 bridgehead atoms. The highest BCUT2D eigenvalue weighted by molar-refractivity contribution is 9.10. The van der Waals surface area contributed by atoms with E-state index in [4.69, 9.17) is 0 Å². The summed E-state index contributed by atoms with van der Waals surface area (Å²) in [7, 11) is -4.00. The first-order chi connectivity index (χ1) is 17.8. The number of aryl methyl sites for hydroxylation is 1. The van der Waals surface area contributed by atoms with Crippen molar-refractivity contribution in [1.82, 2.24) is 4.90 Å². The van der Waals surface area contributed by atoms with Gasteiger partial charge in [0, 0.05) is 16.5 Å². The molecule has 0 unspecified atom stereocenters. The molecule has 0 N–H and O–H groups in total. The molecule has 5 nitrogen and oxygen atoms in total. The number of hydrogen-bond acceptors (Lipinski definition) is 3. The van der Waals surface area contributed by atoms with Gasteiger partial charge in [0.2, 0.25) is 0 Å². The standard InChI is InChI=1S/C30H25BrN2O3S/c1-21-12-18-26(19-13-21)37(35,36)32-27(20-22-8-4-2-5-9-22)33-28(23-14-16-25(31)17-15-23)29(33)30(34)24-10-6-3-7-11-24/h2-19,28-29H,20H2,1H3/b32-27+/t28-,29+,33?/m1/s1. The second-order valence-corrected chi connectivity index (χ2v) is 11.6. The van der Waals surface area contributed by atoms with Crippen LogP contribution in [0.15, 0.2) is 123 Å². The summed E-state index contributed by atoms with van der Waals surface area (Å²) < 4.78 is 32.1. The molecule has 5 rings (SSSR count). The van der Waals surface area contributed by atoms with Gasteiger partial charge in [0.15, 0.2) is 5.78 Å². The van der Waals surface area contributed by atoms with Crippen LogP contribution < -0.4 is 0 Å². The Morgan fingerprint density at radius 1 is 0.838 bits per heavy atom. The molecule has 7 heteroatoms. The van der Waals surface area contributed by atoms with Crippen LogP contribution in [-0.4, -0.2) is 31.0 Å². The van der Waals surface area contributed by atoms with Gasteiger partial charge >= 0.3 is 0 Å². The summed E-state index contributed by atoms with van der Waals surface area (Å²) in [5, 5.41) is 0. The second kappa shape index (κ2) is 10.4. The number of benzene rings is 4. The predicted octanol–water partition coefficient (Wildman–Crippen LogP) is 6.40. The van der Waals surface area contributed by atoms with Gasteiger partial charge in [0.1, 0.15) is 11.9 Å². The number of carbonyl (C=O) groups is 1. The average Bonchev–Trinajstić information content (AvgIpc) is 3.65. The lowest BCUT2D eigenvalue weighted by molar-refractivity contribution is 0.0980. The van der Waals surface area contributed by atoms with E-state index < -0.39 is 16.1 Å². The van der Waals surface area contributed by atoms with Crippen molar-refractivity contribution in [3.63, 3.8) is 0 Å². The molecule has 0 radical (unpaired) electrons. The fraction of sp³-hybridized carbons (Fsp3) is 0.133. The molecule has 0 amide bonds. The van der Waals surface area contributed by atoms with Gasteiger partial charge in [-0.3, -0.25) is 4.79 Å². The Morgan fingerprint density at radius 2 is 1.43 bits per heavy atom. The van der Waals surface area contributed by atoms with Gasteiger partial charge in [-0.25, -0.2) is 0 Å². The molecule has 0 saturated carbocycles. The fourth-order valence-corrected chi connectivity index (χ4v) is 5.73. The zero-order chi connectivity index (χ0) is 26.0. The highest BCUT2D eigenvalue weighted by Gasteiger charge is 2.55. The summed E-state index contributed by atoms with van der Waals surface area (Å²) in [4.78, 5) is 15.6. The summed E-state index contributed by atoms with van der Waals surface area (Å²) >= 11 is 3.47. The Bertz CT molecular complexity index is 1540. The van der Waals surface area contributed by atoms with Crippen LogP contribution in [0.1, 0.15) is 33.1 Å². The van der Waals surface area contributed by atoms with E-state index >= 15 is 0 Å². The van der Waals surface area contributed by atoms with Crippen LogP contribution in [0.25, 0.3) is 0 Å². The third-order valence-electron chi connectivity index (χ3n) is 6.39. The van der Waals surface area contributed by atoms with E-state index in [1.54, 1.807) is 36.4 Å². The summed E-state index contributed by atoms with van der Waals surface area (Å²) in [5.41, 5.74) is 3.37. The lowest BCUT2D eigenvalue weighted by atomic mass is 10.0. The average molecular weight is 574 g/mol. The second-order valence-electron chi connectivity index (χ2n) is 9.04. The quantitative estimate of drug-likeness (QED) is 0.111. The molecule has 2 atom stereocenters. The van der Waals surface area contributed by atoms with Crippen molar-refractivity contribution in [2.24, 2.45) is 4.40 Å². The van der Waals surface area contributed by atoms with Gasteiger partial charge in [0.05, 0.1) is 10.9 Å². The van der Waals surface area contributed by atoms with Crippen LogP contribution in [0.2, 0.25) is 0 Å². The maximum atomic E-state index is 13.6. The van der Waals surface area contributed by atoms with E-state index in [2.05, 4.69) is 20.3 Å². The summed E-state index contributed by atoms with van der Waals surface area (Å²) in [6.45, 7) is 1.90. The molecule has 1 aliphatic rings. The fourth-order valence-electron chi connectivity index (χ4n) is 4.45. The largest absolute Gasteiger partial charge is 0.337 e. The molecule has 1 heterocycles. The molecular weight excluding hydrogens is 548 g/mol. The zero-order valence-corrected chi connectivity index (χ0v) is 22.6. The first-order valence-corrected chi connectivity index (χ1v) is 14.1. The van der Waals surface area contributed by atoms with Crippen molar-refractivity contribution < 1.29 is 13.2 Å². The summed E-state index contributed by atoms with van der Waals surface area (Å²) in [6.07, 6.45) is 0.275. The molecule has 1 fully saturated rings. The molecular formula is C30H25BrN2O3S. The minimum absolute atomic E-state index is 0.0676. The Morgan fingerprint density at radius 3 is 2.05 bits per heavy atom. The normalized spacial score (nSPS) is 17.5. The SMILES string of the molecule is Cc1ccc(S(=O)(=O)/N=C(\Cc2ccccc2)N2[C@H](C(=O)c3ccccc3)[C@H]2c2ccc(Br)cc2)cc1. The van der Waals surface area contributed by atoms with Crippen LogP contribution in [-0.2, 0) is 16.4 Å². The van der Waals surface area contributed by atoms with Crippen molar-refractivity contribution in [1.29, 1.82) is 0 Å². The smallest absolute Gasteiger partial charge is 0.283 e. The molecule has 0 spiro atoms. The van der Waals surface area contributed by atoms with Crippen molar-refractivity contribution >= 4 is 37.6 Å². The number of sulfonamides is 1. The number of nitrogens with zero attached hydrogens (tertiary/aromatic N) is 2. The number of hydrogen-bond donors (Lipinski definition) is 0. The first kappa shape index (κ1) is 25.1. The number of Topliss-reactive ketones (excluding diaryl/α,β-unsaturated/α-hetero) is 1. The minimum atomic E-state index is -4.00. The van der Waals surface area contributed by atoms with Crippen molar-refractivity contribution in [3.8, 4) is 0 Å². The van der Waals surface area contributed by atoms with Gasteiger partial charge in [0.25, 0.3) is 10.0 Å². The van der Waals surface area contributed by atoms with Crippen LogP contribution in [0, 0.1) is 6.92 Å². The molecule has 4 aromatic carbocycles. The number of ketones is 1. The van der Waals surface area contributed by atoms with E-state index in [1.165, 1.54) is 0 Å². The zero-order valence-electron chi connectivity index (χ0n) is 20.2. The summed E-state index contributed by atoms with van der Waals surface area (Å²) in [5.74, 6) is 0.274.